The van der Waals surface area contributed by atoms with E-state index >= 15 is 0 Å². The molecule has 1 aliphatic rings. The molecule has 7 nitrogen and oxygen atoms in total. The third-order valence-corrected chi connectivity index (χ3v) is 6.14. The van der Waals surface area contributed by atoms with Gasteiger partial charge >= 0.3 is 0 Å². The fraction of sp³-hybridized carbons (Fsp3) is 0.588. The number of amides is 1. The van der Waals surface area contributed by atoms with Gasteiger partial charge in [0.15, 0.2) is 21.3 Å². The second-order valence-corrected chi connectivity index (χ2v) is 8.18. The molecule has 1 saturated heterocycles. The van der Waals surface area contributed by atoms with Gasteiger partial charge in [-0.25, -0.2) is 8.42 Å². The molecular formula is C17H25NO6S. The van der Waals surface area contributed by atoms with Crippen molar-refractivity contribution in [3.05, 3.63) is 17.7 Å². The topological polar surface area (TPSA) is 82.1 Å². The smallest absolute Gasteiger partial charge is 0.227 e. The number of likely N-dealkylation sites (N-methyl/N-ethyl adjacent to an activating group) is 1. The minimum absolute atomic E-state index is 0.0435. The van der Waals surface area contributed by atoms with Gasteiger partial charge in [-0.2, -0.15) is 0 Å². The van der Waals surface area contributed by atoms with Crippen molar-refractivity contribution in [2.45, 2.75) is 25.8 Å². The summed E-state index contributed by atoms with van der Waals surface area (Å²) in [5.41, 5.74) is 0.721. The van der Waals surface area contributed by atoms with Crippen molar-refractivity contribution < 1.29 is 27.4 Å². The molecule has 1 heterocycles. The molecule has 0 radical (unpaired) electrons. The fourth-order valence-electron chi connectivity index (χ4n) is 3.17. The molecule has 8 heteroatoms. The molecule has 2 rings (SSSR count). The van der Waals surface area contributed by atoms with E-state index in [9.17, 15) is 13.2 Å². The molecule has 25 heavy (non-hydrogen) atoms. The zero-order chi connectivity index (χ0) is 18.6. The Morgan fingerprint density at radius 3 is 2.16 bits per heavy atom. The Kier molecular flexibility index (Phi) is 6.16. The molecule has 0 unspecified atom stereocenters. The van der Waals surface area contributed by atoms with Crippen LogP contribution in [-0.2, 0) is 21.1 Å². The van der Waals surface area contributed by atoms with Gasteiger partial charge in [-0.1, -0.05) is 0 Å². The van der Waals surface area contributed by atoms with Gasteiger partial charge in [-0.15, -0.1) is 0 Å². The fourth-order valence-corrected chi connectivity index (χ4v) is 4.90. The van der Waals surface area contributed by atoms with E-state index in [1.54, 1.807) is 17.0 Å². The summed E-state index contributed by atoms with van der Waals surface area (Å²) in [6, 6.07) is 3.22. The first kappa shape index (κ1) is 19.4. The van der Waals surface area contributed by atoms with Crippen molar-refractivity contribution in [1.82, 2.24) is 4.90 Å². The number of ether oxygens (including phenoxy) is 3. The molecule has 0 bridgehead atoms. The largest absolute Gasteiger partial charge is 0.493 e. The van der Waals surface area contributed by atoms with Gasteiger partial charge in [0.2, 0.25) is 11.7 Å². The summed E-state index contributed by atoms with van der Waals surface area (Å²) in [7, 11) is 1.52. The Hall–Kier alpha value is -1.96. The lowest BCUT2D eigenvalue weighted by molar-refractivity contribution is -0.132. The minimum Gasteiger partial charge on any atom is -0.493 e. The summed E-state index contributed by atoms with van der Waals surface area (Å²) in [4.78, 5) is 14.4. The molecule has 0 aliphatic carbocycles. The predicted molar refractivity (Wildman–Crippen MR) is 94.2 cm³/mol. The molecule has 1 fully saturated rings. The number of benzene rings is 1. The van der Waals surface area contributed by atoms with Gasteiger partial charge in [0.25, 0.3) is 0 Å². The zero-order valence-corrected chi connectivity index (χ0v) is 15.9. The monoisotopic (exact) mass is 371 g/mol. The third-order valence-electron chi connectivity index (χ3n) is 4.39. The van der Waals surface area contributed by atoms with Crippen molar-refractivity contribution in [3.63, 3.8) is 0 Å². The van der Waals surface area contributed by atoms with Crippen LogP contribution in [0.3, 0.4) is 0 Å². The van der Waals surface area contributed by atoms with E-state index < -0.39 is 9.84 Å². The molecule has 1 atom stereocenters. The van der Waals surface area contributed by atoms with Crippen LogP contribution in [0.1, 0.15) is 18.9 Å². The predicted octanol–water partition coefficient (Wildman–Crippen LogP) is 1.29. The van der Waals surface area contributed by atoms with Gasteiger partial charge in [0.1, 0.15) is 0 Å². The lowest BCUT2D eigenvalue weighted by atomic mass is 10.1. The van der Waals surface area contributed by atoms with Gasteiger partial charge in [-0.05, 0) is 31.0 Å². The molecule has 0 N–H and O–H groups in total. The Balaban J connectivity index is 2.21. The van der Waals surface area contributed by atoms with Crippen LogP contribution in [0, 0.1) is 0 Å². The summed E-state index contributed by atoms with van der Waals surface area (Å²) in [6.07, 6.45) is 0.637. The van der Waals surface area contributed by atoms with Crippen molar-refractivity contribution in [3.8, 4) is 17.2 Å². The van der Waals surface area contributed by atoms with E-state index in [0.29, 0.717) is 30.2 Å². The quantitative estimate of drug-likeness (QED) is 0.718. The van der Waals surface area contributed by atoms with Crippen LogP contribution in [-0.4, -0.2) is 64.6 Å². The van der Waals surface area contributed by atoms with Gasteiger partial charge < -0.3 is 19.1 Å². The van der Waals surface area contributed by atoms with E-state index in [-0.39, 0.29) is 29.9 Å². The number of hydrogen-bond acceptors (Lipinski definition) is 6. The Morgan fingerprint density at radius 2 is 1.76 bits per heavy atom. The van der Waals surface area contributed by atoms with E-state index in [4.69, 9.17) is 14.2 Å². The average molecular weight is 371 g/mol. The number of sulfone groups is 1. The standard InChI is InChI=1S/C17H25NO6S/c1-5-18(13-6-7-25(20,21)11-13)16(19)10-12-8-14(22-2)17(24-4)15(9-12)23-3/h8-9,13H,5-7,10-11H2,1-4H3/t13-/m1/s1. The van der Waals surface area contributed by atoms with Crippen molar-refractivity contribution in [2.24, 2.45) is 0 Å². The first-order valence-electron chi connectivity index (χ1n) is 8.14. The first-order chi connectivity index (χ1) is 11.8. The highest BCUT2D eigenvalue weighted by molar-refractivity contribution is 7.91. The first-order valence-corrected chi connectivity index (χ1v) is 9.96. The Labute approximate surface area is 148 Å². The highest BCUT2D eigenvalue weighted by Gasteiger charge is 2.33. The molecule has 0 spiro atoms. The molecule has 1 aliphatic heterocycles. The van der Waals surface area contributed by atoms with Crippen LogP contribution < -0.4 is 14.2 Å². The zero-order valence-electron chi connectivity index (χ0n) is 15.1. The third kappa shape index (κ3) is 4.36. The summed E-state index contributed by atoms with van der Waals surface area (Å²) in [6.45, 7) is 2.33. The molecular weight excluding hydrogens is 346 g/mol. The highest BCUT2D eigenvalue weighted by Crippen LogP contribution is 2.38. The number of hydrogen-bond donors (Lipinski definition) is 0. The normalized spacial score (nSPS) is 18.6. The summed E-state index contributed by atoms with van der Waals surface area (Å²) < 4.78 is 39.3. The number of carbonyl (C=O) groups excluding carboxylic acids is 1. The summed E-state index contributed by atoms with van der Waals surface area (Å²) >= 11 is 0. The maximum Gasteiger partial charge on any atom is 0.227 e. The Bertz CT molecular complexity index is 706. The second kappa shape index (κ2) is 7.95. The number of rotatable bonds is 7. The SMILES string of the molecule is CCN(C(=O)Cc1cc(OC)c(OC)c(OC)c1)[C@@H]1CCS(=O)(=O)C1. The van der Waals surface area contributed by atoms with E-state index in [1.807, 2.05) is 6.92 Å². The average Bonchev–Trinajstić information content (AvgIpc) is 2.94. The number of methoxy groups -OCH3 is 3. The van der Waals surface area contributed by atoms with Crippen molar-refractivity contribution >= 4 is 15.7 Å². The molecule has 1 aromatic rings. The molecule has 1 amide bonds. The van der Waals surface area contributed by atoms with Crippen molar-refractivity contribution in [1.29, 1.82) is 0 Å². The van der Waals surface area contributed by atoms with Crippen LogP contribution in [0.5, 0.6) is 17.2 Å². The molecule has 1 aromatic carbocycles. The number of nitrogens with zero attached hydrogens (tertiary/aromatic N) is 1. The minimum atomic E-state index is -3.04. The maximum absolute atomic E-state index is 12.7. The maximum atomic E-state index is 12.7. The van der Waals surface area contributed by atoms with Crippen LogP contribution >= 0.6 is 0 Å². The molecule has 0 saturated carbocycles. The van der Waals surface area contributed by atoms with E-state index in [0.717, 1.165) is 5.56 Å². The Morgan fingerprint density at radius 1 is 1.16 bits per heavy atom. The van der Waals surface area contributed by atoms with Crippen LogP contribution in [0.4, 0.5) is 0 Å². The highest BCUT2D eigenvalue weighted by atomic mass is 32.2. The molecule has 140 valence electrons. The van der Waals surface area contributed by atoms with Crippen LogP contribution in [0.25, 0.3) is 0 Å². The lowest BCUT2D eigenvalue weighted by Crippen LogP contribution is -2.41. The van der Waals surface area contributed by atoms with Crippen LogP contribution in [0.2, 0.25) is 0 Å². The lowest BCUT2D eigenvalue weighted by Gasteiger charge is -2.27. The summed E-state index contributed by atoms with van der Waals surface area (Å²) in [5.74, 6) is 1.51. The van der Waals surface area contributed by atoms with Crippen LogP contribution in [0.15, 0.2) is 12.1 Å². The van der Waals surface area contributed by atoms with Gasteiger partial charge in [0.05, 0.1) is 39.3 Å². The van der Waals surface area contributed by atoms with Crippen molar-refractivity contribution in [2.75, 3.05) is 39.4 Å². The van der Waals surface area contributed by atoms with E-state index in [2.05, 4.69) is 0 Å². The van der Waals surface area contributed by atoms with Gasteiger partial charge in [0, 0.05) is 12.6 Å². The summed E-state index contributed by atoms with van der Waals surface area (Å²) in [5, 5.41) is 0. The number of carbonyl (C=O) groups is 1. The second-order valence-electron chi connectivity index (χ2n) is 5.95. The van der Waals surface area contributed by atoms with Gasteiger partial charge in [-0.3, -0.25) is 4.79 Å². The van der Waals surface area contributed by atoms with E-state index in [1.165, 1.54) is 21.3 Å². The molecule has 0 aromatic heterocycles.